The zero-order valence-electron chi connectivity index (χ0n) is 18.2. The molecule has 4 heteroatoms. The standard InChI is InChI=1S/C26H34F3N/c1-20(2)30(19-22-9-4-3-5-10-22)18-8-11-21-14-16-23(17-15-21)24-12-6-7-13-25(24)26(27,28)29/h3-5,9-10,14-17,20,24-25H,6-8,11-13,18-19H2,1-2H3. The lowest BCUT2D eigenvalue weighted by Gasteiger charge is -2.33. The van der Waals surface area contributed by atoms with Crippen molar-refractivity contribution in [1.82, 2.24) is 4.90 Å². The molecule has 30 heavy (non-hydrogen) atoms. The molecule has 0 radical (unpaired) electrons. The van der Waals surface area contributed by atoms with Crippen LogP contribution in [0.15, 0.2) is 54.6 Å². The summed E-state index contributed by atoms with van der Waals surface area (Å²) < 4.78 is 40.2. The quantitative estimate of drug-likeness (QED) is 0.433. The summed E-state index contributed by atoms with van der Waals surface area (Å²) in [5, 5.41) is 0. The van der Waals surface area contributed by atoms with Gasteiger partial charge in [0, 0.05) is 12.6 Å². The van der Waals surface area contributed by atoms with Crippen LogP contribution in [-0.2, 0) is 13.0 Å². The minimum absolute atomic E-state index is 0.266. The van der Waals surface area contributed by atoms with E-state index < -0.39 is 12.1 Å². The summed E-state index contributed by atoms with van der Waals surface area (Å²) in [4.78, 5) is 2.47. The van der Waals surface area contributed by atoms with Crippen LogP contribution in [0.5, 0.6) is 0 Å². The molecule has 1 fully saturated rings. The lowest BCUT2D eigenvalue weighted by Crippen LogP contribution is -2.31. The Bertz CT molecular complexity index is 752. The zero-order chi connectivity index (χ0) is 21.6. The van der Waals surface area contributed by atoms with Crippen LogP contribution in [0.25, 0.3) is 0 Å². The smallest absolute Gasteiger partial charge is 0.297 e. The van der Waals surface area contributed by atoms with E-state index in [0.29, 0.717) is 18.9 Å². The molecule has 0 spiro atoms. The van der Waals surface area contributed by atoms with Gasteiger partial charge in [-0.1, -0.05) is 67.4 Å². The van der Waals surface area contributed by atoms with Crippen LogP contribution in [0.4, 0.5) is 13.2 Å². The Labute approximate surface area is 179 Å². The molecular weight excluding hydrogens is 383 g/mol. The Morgan fingerprint density at radius 2 is 1.57 bits per heavy atom. The SMILES string of the molecule is CC(C)N(CCCc1ccc(C2CCCCC2C(F)(F)F)cc1)Cc1ccccc1. The van der Waals surface area contributed by atoms with E-state index >= 15 is 0 Å². The van der Waals surface area contributed by atoms with Crippen LogP contribution >= 0.6 is 0 Å². The van der Waals surface area contributed by atoms with Gasteiger partial charge in [-0.15, -0.1) is 0 Å². The number of halogens is 3. The molecule has 0 saturated heterocycles. The van der Waals surface area contributed by atoms with Crippen LogP contribution in [0.3, 0.4) is 0 Å². The summed E-state index contributed by atoms with van der Waals surface area (Å²) in [5.41, 5.74) is 3.39. The molecule has 0 aromatic heterocycles. The Morgan fingerprint density at radius 3 is 2.20 bits per heavy atom. The second-order valence-corrected chi connectivity index (χ2v) is 8.93. The first-order valence-corrected chi connectivity index (χ1v) is 11.3. The summed E-state index contributed by atoms with van der Waals surface area (Å²) in [6, 6.07) is 18.9. The van der Waals surface area contributed by atoms with Crippen molar-refractivity contribution in [3.63, 3.8) is 0 Å². The first-order chi connectivity index (χ1) is 14.3. The lowest BCUT2D eigenvalue weighted by molar-refractivity contribution is -0.187. The summed E-state index contributed by atoms with van der Waals surface area (Å²) >= 11 is 0. The largest absolute Gasteiger partial charge is 0.392 e. The van der Waals surface area contributed by atoms with Gasteiger partial charge in [0.25, 0.3) is 0 Å². The minimum atomic E-state index is -4.09. The number of benzene rings is 2. The third kappa shape index (κ3) is 6.34. The van der Waals surface area contributed by atoms with Crippen LogP contribution in [0, 0.1) is 5.92 Å². The van der Waals surface area contributed by atoms with Crippen LogP contribution in [0.2, 0.25) is 0 Å². The molecule has 2 unspecified atom stereocenters. The fourth-order valence-electron chi connectivity index (χ4n) is 4.68. The maximum Gasteiger partial charge on any atom is 0.392 e. The zero-order valence-corrected chi connectivity index (χ0v) is 18.2. The maximum absolute atomic E-state index is 13.4. The third-order valence-electron chi connectivity index (χ3n) is 6.46. The Kier molecular flexibility index (Phi) is 7.99. The van der Waals surface area contributed by atoms with E-state index in [4.69, 9.17) is 0 Å². The summed E-state index contributed by atoms with van der Waals surface area (Å²) in [5.74, 6) is -1.57. The molecule has 1 nitrogen and oxygen atoms in total. The number of alkyl halides is 3. The Hall–Kier alpha value is -1.81. The van der Waals surface area contributed by atoms with Crippen molar-refractivity contribution in [3.05, 3.63) is 71.3 Å². The Morgan fingerprint density at radius 1 is 0.900 bits per heavy atom. The van der Waals surface area contributed by atoms with Crippen molar-refractivity contribution in [2.45, 2.75) is 77.1 Å². The molecule has 0 N–H and O–H groups in total. The van der Waals surface area contributed by atoms with Gasteiger partial charge in [0.15, 0.2) is 0 Å². The molecule has 2 atom stereocenters. The van der Waals surface area contributed by atoms with Gasteiger partial charge >= 0.3 is 6.18 Å². The Balaban J connectivity index is 1.55. The van der Waals surface area contributed by atoms with Gasteiger partial charge in [-0.25, -0.2) is 0 Å². The summed E-state index contributed by atoms with van der Waals surface area (Å²) in [6.07, 6.45) is 0.391. The number of hydrogen-bond acceptors (Lipinski definition) is 1. The fraction of sp³-hybridized carbons (Fsp3) is 0.538. The molecule has 1 saturated carbocycles. The van der Waals surface area contributed by atoms with Crippen molar-refractivity contribution in [2.24, 2.45) is 5.92 Å². The maximum atomic E-state index is 13.4. The topological polar surface area (TPSA) is 3.24 Å². The molecule has 0 amide bonds. The predicted octanol–water partition coefficient (Wildman–Crippen LogP) is 7.37. The molecule has 0 aliphatic heterocycles. The third-order valence-corrected chi connectivity index (χ3v) is 6.46. The highest BCUT2D eigenvalue weighted by atomic mass is 19.4. The second-order valence-electron chi connectivity index (χ2n) is 8.93. The highest BCUT2D eigenvalue weighted by Gasteiger charge is 2.45. The highest BCUT2D eigenvalue weighted by Crippen LogP contribution is 2.46. The van der Waals surface area contributed by atoms with Crippen molar-refractivity contribution in [1.29, 1.82) is 0 Å². The van der Waals surface area contributed by atoms with E-state index in [9.17, 15) is 13.2 Å². The van der Waals surface area contributed by atoms with Crippen molar-refractivity contribution in [3.8, 4) is 0 Å². The van der Waals surface area contributed by atoms with Crippen LogP contribution < -0.4 is 0 Å². The van der Waals surface area contributed by atoms with E-state index in [1.165, 1.54) is 11.1 Å². The average molecular weight is 418 g/mol. The van der Waals surface area contributed by atoms with E-state index in [-0.39, 0.29) is 12.3 Å². The monoisotopic (exact) mass is 417 g/mol. The number of aryl methyl sites for hydroxylation is 1. The van der Waals surface area contributed by atoms with E-state index in [1.54, 1.807) is 0 Å². The van der Waals surface area contributed by atoms with Crippen LogP contribution in [0.1, 0.15) is 68.6 Å². The minimum Gasteiger partial charge on any atom is -0.297 e. The molecule has 1 aliphatic rings. The molecule has 2 aromatic carbocycles. The van der Waals surface area contributed by atoms with E-state index in [1.807, 2.05) is 30.3 Å². The molecule has 2 aromatic rings. The fourth-order valence-corrected chi connectivity index (χ4v) is 4.68. The van der Waals surface area contributed by atoms with Crippen molar-refractivity contribution >= 4 is 0 Å². The molecule has 0 heterocycles. The van der Waals surface area contributed by atoms with E-state index in [0.717, 1.165) is 37.9 Å². The highest BCUT2D eigenvalue weighted by molar-refractivity contribution is 5.27. The van der Waals surface area contributed by atoms with Gasteiger partial charge in [0.2, 0.25) is 0 Å². The summed E-state index contributed by atoms with van der Waals surface area (Å²) in [7, 11) is 0. The summed E-state index contributed by atoms with van der Waals surface area (Å²) in [6.45, 7) is 6.39. The van der Waals surface area contributed by atoms with E-state index in [2.05, 4.69) is 43.0 Å². The van der Waals surface area contributed by atoms with Gasteiger partial charge in [0.1, 0.15) is 0 Å². The predicted molar refractivity (Wildman–Crippen MR) is 118 cm³/mol. The first kappa shape index (κ1) is 22.9. The number of hydrogen-bond donors (Lipinski definition) is 0. The van der Waals surface area contributed by atoms with Gasteiger partial charge in [-0.3, -0.25) is 4.90 Å². The van der Waals surface area contributed by atoms with Crippen molar-refractivity contribution in [2.75, 3.05) is 6.54 Å². The molecule has 3 rings (SSSR count). The van der Waals surface area contributed by atoms with Crippen molar-refractivity contribution < 1.29 is 13.2 Å². The van der Waals surface area contributed by atoms with Gasteiger partial charge < -0.3 is 0 Å². The first-order valence-electron chi connectivity index (χ1n) is 11.3. The molecular formula is C26H34F3N. The van der Waals surface area contributed by atoms with Gasteiger partial charge in [-0.05, 0) is 68.7 Å². The van der Waals surface area contributed by atoms with Gasteiger partial charge in [0.05, 0.1) is 5.92 Å². The molecule has 164 valence electrons. The normalized spacial score (nSPS) is 20.1. The average Bonchev–Trinajstić information content (AvgIpc) is 2.73. The number of rotatable bonds is 8. The van der Waals surface area contributed by atoms with Gasteiger partial charge in [-0.2, -0.15) is 13.2 Å². The second kappa shape index (κ2) is 10.5. The molecule has 1 aliphatic carbocycles. The molecule has 0 bridgehead atoms. The van der Waals surface area contributed by atoms with Crippen LogP contribution in [-0.4, -0.2) is 23.7 Å². The lowest BCUT2D eigenvalue weighted by atomic mass is 9.75. The number of nitrogens with zero attached hydrogens (tertiary/aromatic N) is 1.